The fourth-order valence-electron chi connectivity index (χ4n) is 10.5. The molecule has 5 amide bonds. The van der Waals surface area contributed by atoms with Gasteiger partial charge in [-0.25, -0.2) is 18.3 Å². The van der Waals surface area contributed by atoms with Crippen LogP contribution < -0.4 is 15.5 Å². The molecular formula is C45H52F2N10O7. The minimum absolute atomic E-state index is 0.0121. The van der Waals surface area contributed by atoms with E-state index in [2.05, 4.69) is 35.6 Å². The molecule has 0 spiro atoms. The molecule has 3 aromatic heterocycles. The van der Waals surface area contributed by atoms with Gasteiger partial charge in [0.2, 0.25) is 11.8 Å². The number of imide groups is 2. The van der Waals surface area contributed by atoms with Gasteiger partial charge in [-0.15, -0.1) is 0 Å². The number of fused-ring (bicyclic) bond motifs is 2. The summed E-state index contributed by atoms with van der Waals surface area (Å²) in [6.45, 7) is 5.40. The molecule has 2 N–H and O–H groups in total. The standard InChI is InChI=1S/C45H52F2N10O7/c46-40(47)39-34(49-42(59)33-23-48-55-15-12-36(50-41(33)55)54-16-18-63-19-17-54)25-56(52-39)29-6-4-26(5-7-29)24-53-13-10-30(11-14-53)64-31-21-27(22-31)20-28-2-1-3-32-38(28)45(62)57(44(32)61)35-8-9-37(58)51-43(35)60/h1-3,12,15,23,25-27,29-31,35,40H,4-11,13-14,16-22,24H2,(H,49,59)(H,51,58,60). The summed E-state index contributed by atoms with van der Waals surface area (Å²) < 4.78 is 43.6. The number of amides is 5. The molecule has 7 heterocycles. The van der Waals surface area contributed by atoms with Crippen LogP contribution in [-0.4, -0.2) is 128 Å². The fraction of sp³-hybridized carbons (Fsp3) is 0.556. The van der Waals surface area contributed by atoms with E-state index in [1.807, 2.05) is 12.1 Å². The number of nitrogens with one attached hydrogen (secondary N) is 2. The number of piperidine rings is 2. The maximum Gasteiger partial charge on any atom is 0.284 e. The van der Waals surface area contributed by atoms with Crippen molar-refractivity contribution in [3.8, 4) is 0 Å². The highest BCUT2D eigenvalue weighted by Crippen LogP contribution is 2.39. The topological polar surface area (TPSA) is 186 Å². The van der Waals surface area contributed by atoms with Crippen molar-refractivity contribution in [2.45, 2.75) is 101 Å². The molecule has 0 bridgehead atoms. The smallest absolute Gasteiger partial charge is 0.284 e. The second kappa shape index (κ2) is 17.7. The van der Waals surface area contributed by atoms with Crippen LogP contribution in [0.4, 0.5) is 20.3 Å². The van der Waals surface area contributed by atoms with Crippen LogP contribution in [0.3, 0.4) is 0 Å². The molecule has 0 radical (unpaired) electrons. The van der Waals surface area contributed by atoms with E-state index in [4.69, 9.17) is 9.47 Å². The second-order valence-corrected chi connectivity index (χ2v) is 18.1. The zero-order valence-corrected chi connectivity index (χ0v) is 35.5. The molecule has 2 saturated carbocycles. The third-order valence-corrected chi connectivity index (χ3v) is 14.0. The normalized spacial score (nSPS) is 25.8. The number of anilines is 2. The van der Waals surface area contributed by atoms with E-state index in [1.165, 1.54) is 16.9 Å². The average molecular weight is 883 g/mol. The van der Waals surface area contributed by atoms with Crippen molar-refractivity contribution in [2.75, 3.05) is 56.2 Å². The number of benzene rings is 1. The lowest BCUT2D eigenvalue weighted by Crippen LogP contribution is -2.54. The Hall–Kier alpha value is -5.66. The highest BCUT2D eigenvalue weighted by Gasteiger charge is 2.46. The summed E-state index contributed by atoms with van der Waals surface area (Å²) in [5, 5.41) is 13.5. The first-order valence-corrected chi connectivity index (χ1v) is 22.6. The van der Waals surface area contributed by atoms with Gasteiger partial charge in [0.1, 0.15) is 17.4 Å². The summed E-state index contributed by atoms with van der Waals surface area (Å²) in [4.78, 5) is 74.7. The Morgan fingerprint density at radius 2 is 1.70 bits per heavy atom. The monoisotopic (exact) mass is 882 g/mol. The highest BCUT2D eigenvalue weighted by atomic mass is 19.3. The van der Waals surface area contributed by atoms with Crippen LogP contribution in [0, 0.1) is 11.8 Å². The van der Waals surface area contributed by atoms with Gasteiger partial charge in [-0.05, 0) is 93.7 Å². The average Bonchev–Trinajstić information content (AvgIpc) is 3.98. The Bertz CT molecular complexity index is 2450. The summed E-state index contributed by atoms with van der Waals surface area (Å²) in [5.41, 5.74) is 1.55. The summed E-state index contributed by atoms with van der Waals surface area (Å²) in [6.07, 6.45) is 10.2. The van der Waals surface area contributed by atoms with Crippen molar-refractivity contribution in [3.05, 3.63) is 70.8 Å². The molecule has 1 unspecified atom stereocenters. The second-order valence-electron chi connectivity index (χ2n) is 18.1. The Morgan fingerprint density at radius 3 is 2.45 bits per heavy atom. The van der Waals surface area contributed by atoms with Gasteiger partial charge in [-0.2, -0.15) is 10.2 Å². The number of alkyl halides is 2. The predicted octanol–water partition coefficient (Wildman–Crippen LogP) is 4.59. The minimum atomic E-state index is -2.86. The quantitative estimate of drug-likeness (QED) is 0.189. The molecule has 2 aliphatic carbocycles. The lowest BCUT2D eigenvalue weighted by Gasteiger charge is -2.41. The Labute approximate surface area is 367 Å². The van der Waals surface area contributed by atoms with Crippen LogP contribution in [0.25, 0.3) is 5.65 Å². The maximum absolute atomic E-state index is 14.3. The Balaban J connectivity index is 0.667. The van der Waals surface area contributed by atoms with Gasteiger partial charge in [0.15, 0.2) is 11.3 Å². The van der Waals surface area contributed by atoms with Gasteiger partial charge in [-0.3, -0.25) is 38.9 Å². The molecule has 5 fully saturated rings. The number of ether oxygens (including phenoxy) is 2. The third kappa shape index (κ3) is 8.40. The SMILES string of the molecule is O=C1CCC(N2C(=O)c3cccc(CC4CC(OC5CCN(CC6CCC(n7cc(NC(=O)c8cnn9ccc(N%10CCOCC%10)nc89)c(C(F)F)n7)CC6)CC5)C4)c3C2=O)C(=O)N1. The number of aromatic nitrogens is 5. The Kier molecular flexibility index (Phi) is 11.7. The fourth-order valence-corrected chi connectivity index (χ4v) is 10.5. The van der Waals surface area contributed by atoms with Gasteiger partial charge in [0.25, 0.3) is 24.1 Å². The first-order valence-electron chi connectivity index (χ1n) is 22.6. The number of carbonyl (C=O) groups excluding carboxylic acids is 5. The molecule has 1 atom stereocenters. The van der Waals surface area contributed by atoms with E-state index >= 15 is 0 Å². The maximum atomic E-state index is 14.3. The molecule has 338 valence electrons. The Morgan fingerprint density at radius 1 is 0.922 bits per heavy atom. The van der Waals surface area contributed by atoms with Gasteiger partial charge < -0.3 is 24.6 Å². The number of rotatable bonds is 12. The molecule has 3 saturated heterocycles. The van der Waals surface area contributed by atoms with Crippen LogP contribution in [0.1, 0.15) is 119 Å². The number of hydrogen-bond donors (Lipinski definition) is 2. The summed E-state index contributed by atoms with van der Waals surface area (Å²) >= 11 is 0. The minimum Gasteiger partial charge on any atom is -0.378 e. The highest BCUT2D eigenvalue weighted by molar-refractivity contribution is 6.24. The number of morpholine rings is 1. The summed E-state index contributed by atoms with van der Waals surface area (Å²) in [6, 6.07) is 6.10. The van der Waals surface area contributed by atoms with Crippen LogP contribution in [-0.2, 0) is 25.5 Å². The van der Waals surface area contributed by atoms with Gasteiger partial charge in [0, 0.05) is 51.5 Å². The number of hydrogen-bond acceptors (Lipinski definition) is 12. The summed E-state index contributed by atoms with van der Waals surface area (Å²) in [5.74, 6) is -1.03. The van der Waals surface area contributed by atoms with E-state index in [1.54, 1.807) is 23.0 Å². The van der Waals surface area contributed by atoms with Crippen LogP contribution in [0.5, 0.6) is 0 Å². The van der Waals surface area contributed by atoms with E-state index in [0.29, 0.717) is 67.2 Å². The van der Waals surface area contributed by atoms with Crippen LogP contribution in [0.15, 0.2) is 42.9 Å². The lowest BCUT2D eigenvalue weighted by molar-refractivity contribution is -0.136. The predicted molar refractivity (Wildman–Crippen MR) is 226 cm³/mol. The van der Waals surface area contributed by atoms with E-state index < -0.39 is 47.7 Å². The van der Waals surface area contributed by atoms with Gasteiger partial charge in [0.05, 0.1) is 54.5 Å². The van der Waals surface area contributed by atoms with Crippen molar-refractivity contribution in [2.24, 2.45) is 11.8 Å². The number of likely N-dealkylation sites (tertiary alicyclic amines) is 1. The van der Waals surface area contributed by atoms with Crippen molar-refractivity contribution in [1.29, 1.82) is 0 Å². The zero-order chi connectivity index (χ0) is 44.1. The van der Waals surface area contributed by atoms with Crippen molar-refractivity contribution >= 4 is 46.7 Å². The molecule has 6 aliphatic rings. The van der Waals surface area contributed by atoms with Crippen LogP contribution >= 0.6 is 0 Å². The lowest BCUT2D eigenvalue weighted by atomic mass is 9.77. The molecule has 10 rings (SSSR count). The van der Waals surface area contributed by atoms with Crippen LogP contribution in [0.2, 0.25) is 0 Å². The van der Waals surface area contributed by atoms with E-state index in [0.717, 1.165) is 81.5 Å². The van der Waals surface area contributed by atoms with Gasteiger partial charge in [-0.1, -0.05) is 12.1 Å². The van der Waals surface area contributed by atoms with E-state index in [9.17, 15) is 32.8 Å². The first kappa shape index (κ1) is 42.3. The summed E-state index contributed by atoms with van der Waals surface area (Å²) in [7, 11) is 0. The van der Waals surface area contributed by atoms with E-state index in [-0.39, 0.29) is 42.3 Å². The molecule has 4 aliphatic heterocycles. The van der Waals surface area contributed by atoms with Crippen molar-refractivity contribution in [3.63, 3.8) is 0 Å². The third-order valence-electron chi connectivity index (χ3n) is 14.0. The molecule has 4 aromatic rings. The van der Waals surface area contributed by atoms with Gasteiger partial charge >= 0.3 is 0 Å². The largest absolute Gasteiger partial charge is 0.378 e. The zero-order valence-electron chi connectivity index (χ0n) is 35.5. The number of nitrogens with zero attached hydrogens (tertiary/aromatic N) is 8. The number of carbonyl (C=O) groups is 5. The molecule has 1 aromatic carbocycles. The number of halogens is 2. The molecule has 64 heavy (non-hydrogen) atoms. The molecule has 17 nitrogen and oxygen atoms in total. The molecule has 19 heteroatoms. The van der Waals surface area contributed by atoms with Crippen molar-refractivity contribution in [1.82, 2.24) is 39.5 Å². The molecular weight excluding hydrogens is 831 g/mol. The first-order chi connectivity index (χ1) is 31.1. The van der Waals surface area contributed by atoms with Crippen molar-refractivity contribution < 1.29 is 42.2 Å².